The van der Waals surface area contributed by atoms with Crippen LogP contribution in [-0.4, -0.2) is 58.1 Å². The van der Waals surface area contributed by atoms with E-state index in [1.54, 1.807) is 11.9 Å². The summed E-state index contributed by atoms with van der Waals surface area (Å²) in [7, 11) is 1.68. The minimum absolute atomic E-state index is 0.0910. The fourth-order valence-electron chi connectivity index (χ4n) is 1.80. The average molecular weight is 240 g/mol. The molecule has 94 valence electrons. The van der Waals surface area contributed by atoms with Crippen molar-refractivity contribution < 1.29 is 14.6 Å². The normalized spacial score (nSPS) is 20.6. The first kappa shape index (κ1) is 11.9. The maximum atomic E-state index is 12.2. The van der Waals surface area contributed by atoms with Crippen LogP contribution in [0.25, 0.3) is 0 Å². The van der Waals surface area contributed by atoms with Gasteiger partial charge in [0, 0.05) is 20.1 Å². The van der Waals surface area contributed by atoms with Gasteiger partial charge >= 0.3 is 0 Å². The maximum Gasteiger partial charge on any atom is 0.259 e. The molecule has 0 saturated carbocycles. The Bertz CT molecular complexity index is 418. The van der Waals surface area contributed by atoms with Crippen LogP contribution < -0.4 is 5.73 Å². The Balaban J connectivity index is 2.12. The van der Waals surface area contributed by atoms with Gasteiger partial charge in [-0.3, -0.25) is 9.48 Å². The first-order chi connectivity index (χ1) is 8.13. The van der Waals surface area contributed by atoms with Crippen LogP contribution in [0, 0.1) is 0 Å². The average Bonchev–Trinajstić information content (AvgIpc) is 2.69. The largest absolute Gasteiger partial charge is 0.394 e. The number of rotatable bonds is 2. The highest BCUT2D eigenvalue weighted by Gasteiger charge is 2.26. The molecule has 0 radical (unpaired) electrons. The second-order valence-corrected chi connectivity index (χ2v) is 3.99. The molecule has 0 spiro atoms. The summed E-state index contributed by atoms with van der Waals surface area (Å²) in [4.78, 5) is 13.8. The minimum atomic E-state index is -0.314. The molecular formula is C10H16N4O3. The van der Waals surface area contributed by atoms with Crippen molar-refractivity contribution in [1.82, 2.24) is 14.7 Å². The Morgan fingerprint density at radius 1 is 1.76 bits per heavy atom. The maximum absolute atomic E-state index is 12.2. The number of anilines is 1. The van der Waals surface area contributed by atoms with Crippen LogP contribution >= 0.6 is 0 Å². The second-order valence-electron chi connectivity index (χ2n) is 3.99. The van der Waals surface area contributed by atoms with Crippen LogP contribution in [0.1, 0.15) is 10.4 Å². The number of aryl methyl sites for hydroxylation is 1. The van der Waals surface area contributed by atoms with Gasteiger partial charge in [-0.25, -0.2) is 0 Å². The predicted molar refractivity (Wildman–Crippen MR) is 60.3 cm³/mol. The lowest BCUT2D eigenvalue weighted by Gasteiger charge is -2.31. The van der Waals surface area contributed by atoms with Crippen molar-refractivity contribution in [3.05, 3.63) is 11.8 Å². The molecule has 3 N–H and O–H groups in total. The fraction of sp³-hybridized carbons (Fsp3) is 0.600. The molecule has 1 amide bonds. The third-order valence-corrected chi connectivity index (χ3v) is 2.84. The van der Waals surface area contributed by atoms with Crippen LogP contribution in [0.15, 0.2) is 6.20 Å². The Hall–Kier alpha value is -1.60. The Labute approximate surface area is 98.8 Å². The predicted octanol–water partition coefficient (Wildman–Crippen LogP) is -1.16. The monoisotopic (exact) mass is 240 g/mol. The molecule has 1 aliphatic heterocycles. The van der Waals surface area contributed by atoms with Gasteiger partial charge in [0.05, 0.1) is 25.5 Å². The van der Waals surface area contributed by atoms with Gasteiger partial charge < -0.3 is 20.5 Å². The molecule has 17 heavy (non-hydrogen) atoms. The van der Waals surface area contributed by atoms with Gasteiger partial charge in [-0.1, -0.05) is 0 Å². The van der Waals surface area contributed by atoms with Crippen molar-refractivity contribution >= 4 is 11.7 Å². The highest BCUT2D eigenvalue weighted by atomic mass is 16.5. The van der Waals surface area contributed by atoms with E-state index in [0.29, 0.717) is 31.1 Å². The third kappa shape index (κ3) is 2.25. The molecule has 0 bridgehead atoms. The van der Waals surface area contributed by atoms with Crippen molar-refractivity contribution in [1.29, 1.82) is 0 Å². The highest BCUT2D eigenvalue weighted by molar-refractivity contribution is 5.98. The minimum Gasteiger partial charge on any atom is -0.394 e. The molecule has 1 unspecified atom stereocenters. The summed E-state index contributed by atoms with van der Waals surface area (Å²) < 4.78 is 6.74. The first-order valence-electron chi connectivity index (χ1n) is 5.42. The van der Waals surface area contributed by atoms with Crippen molar-refractivity contribution in [2.45, 2.75) is 6.10 Å². The zero-order valence-electron chi connectivity index (χ0n) is 9.67. The molecule has 0 aliphatic carbocycles. The van der Waals surface area contributed by atoms with Gasteiger partial charge in [-0.05, 0) is 0 Å². The van der Waals surface area contributed by atoms with E-state index in [9.17, 15) is 4.79 Å². The summed E-state index contributed by atoms with van der Waals surface area (Å²) in [6.45, 7) is 1.22. The molecule has 1 aromatic heterocycles. The van der Waals surface area contributed by atoms with Crippen LogP contribution in [0.4, 0.5) is 5.82 Å². The van der Waals surface area contributed by atoms with Crippen molar-refractivity contribution in [2.75, 3.05) is 32.0 Å². The summed E-state index contributed by atoms with van der Waals surface area (Å²) in [6.07, 6.45) is 1.15. The number of carbonyl (C=O) groups is 1. The Morgan fingerprint density at radius 3 is 3.12 bits per heavy atom. The second kappa shape index (κ2) is 4.72. The topological polar surface area (TPSA) is 93.6 Å². The summed E-state index contributed by atoms with van der Waals surface area (Å²) in [6, 6.07) is 0. The van der Waals surface area contributed by atoms with E-state index in [2.05, 4.69) is 5.10 Å². The van der Waals surface area contributed by atoms with E-state index in [4.69, 9.17) is 15.6 Å². The molecule has 2 heterocycles. The summed E-state index contributed by atoms with van der Waals surface area (Å²) in [5, 5.41) is 13.0. The number of nitrogens with two attached hydrogens (primary N) is 1. The summed E-state index contributed by atoms with van der Waals surface area (Å²) in [5.74, 6) is 0.180. The number of nitrogen functional groups attached to an aromatic ring is 1. The molecule has 1 aliphatic rings. The van der Waals surface area contributed by atoms with Gasteiger partial charge in [0.2, 0.25) is 0 Å². The Kier molecular flexibility index (Phi) is 3.30. The van der Waals surface area contributed by atoms with E-state index in [1.165, 1.54) is 10.9 Å². The zero-order valence-corrected chi connectivity index (χ0v) is 9.67. The van der Waals surface area contributed by atoms with Crippen LogP contribution in [0.3, 0.4) is 0 Å². The van der Waals surface area contributed by atoms with E-state index in [0.717, 1.165) is 0 Å². The van der Waals surface area contributed by atoms with Crippen LogP contribution in [-0.2, 0) is 11.8 Å². The molecule has 1 aromatic rings. The molecule has 0 aromatic carbocycles. The molecule has 7 heteroatoms. The van der Waals surface area contributed by atoms with Gasteiger partial charge in [0.1, 0.15) is 11.4 Å². The number of aliphatic hydroxyl groups excluding tert-OH is 1. The number of carbonyl (C=O) groups excluding carboxylic acids is 1. The van der Waals surface area contributed by atoms with E-state index in [-0.39, 0.29) is 18.6 Å². The molecule has 1 fully saturated rings. The zero-order chi connectivity index (χ0) is 12.4. The molecule has 1 atom stereocenters. The summed E-state index contributed by atoms with van der Waals surface area (Å²) >= 11 is 0. The van der Waals surface area contributed by atoms with Gasteiger partial charge in [-0.2, -0.15) is 5.10 Å². The first-order valence-corrected chi connectivity index (χ1v) is 5.42. The van der Waals surface area contributed by atoms with Gasteiger partial charge in [0.25, 0.3) is 5.91 Å². The quantitative estimate of drug-likeness (QED) is 0.679. The molecular weight excluding hydrogens is 224 g/mol. The number of aromatic nitrogens is 2. The van der Waals surface area contributed by atoms with Crippen LogP contribution in [0.2, 0.25) is 0 Å². The van der Waals surface area contributed by atoms with Crippen molar-refractivity contribution in [3.8, 4) is 0 Å². The lowest BCUT2D eigenvalue weighted by molar-refractivity contribution is -0.0447. The Morgan fingerprint density at radius 2 is 2.53 bits per heavy atom. The number of morpholine rings is 1. The lowest BCUT2D eigenvalue weighted by atomic mass is 10.2. The molecule has 1 saturated heterocycles. The fourth-order valence-corrected chi connectivity index (χ4v) is 1.80. The number of nitrogens with zero attached hydrogens (tertiary/aromatic N) is 3. The smallest absolute Gasteiger partial charge is 0.259 e. The molecule has 7 nitrogen and oxygen atoms in total. The van der Waals surface area contributed by atoms with Gasteiger partial charge in [-0.15, -0.1) is 0 Å². The molecule has 2 rings (SSSR count). The van der Waals surface area contributed by atoms with Crippen molar-refractivity contribution in [3.63, 3.8) is 0 Å². The standard InChI is InChI=1S/C10H16N4O3/c1-13-9(11)8(4-12-13)10(16)14-2-3-17-7(5-14)6-15/h4,7,15H,2-3,5-6,11H2,1H3. The van der Waals surface area contributed by atoms with Gasteiger partial charge in [0.15, 0.2) is 0 Å². The highest BCUT2D eigenvalue weighted by Crippen LogP contribution is 2.15. The third-order valence-electron chi connectivity index (χ3n) is 2.84. The number of hydrogen-bond acceptors (Lipinski definition) is 5. The van der Waals surface area contributed by atoms with E-state index < -0.39 is 0 Å². The number of amides is 1. The SMILES string of the molecule is Cn1ncc(C(=O)N2CCOC(CO)C2)c1N. The van der Waals surface area contributed by atoms with Crippen LogP contribution in [0.5, 0.6) is 0 Å². The number of hydrogen-bond donors (Lipinski definition) is 2. The number of ether oxygens (including phenoxy) is 1. The lowest BCUT2D eigenvalue weighted by Crippen LogP contribution is -2.47. The summed E-state index contributed by atoms with van der Waals surface area (Å²) in [5.41, 5.74) is 6.14. The van der Waals surface area contributed by atoms with E-state index in [1.807, 2.05) is 0 Å². The van der Waals surface area contributed by atoms with Crippen molar-refractivity contribution in [2.24, 2.45) is 7.05 Å². The number of aliphatic hydroxyl groups is 1. The van der Waals surface area contributed by atoms with E-state index >= 15 is 0 Å².